The fourth-order valence-corrected chi connectivity index (χ4v) is 2.21. The molecule has 0 fully saturated rings. The molecule has 0 bridgehead atoms. The molecule has 1 N–H and O–H groups in total. The number of hydrogen-bond acceptors (Lipinski definition) is 5. The Kier molecular flexibility index (Phi) is 3.19. The molecule has 0 atom stereocenters. The van der Waals surface area contributed by atoms with Gasteiger partial charge in [-0.15, -0.1) is 0 Å². The van der Waals surface area contributed by atoms with Gasteiger partial charge in [0.25, 0.3) is 11.0 Å². The molecule has 6 heteroatoms. The van der Waals surface area contributed by atoms with Gasteiger partial charge in [0.2, 0.25) is 0 Å². The van der Waals surface area contributed by atoms with Crippen LogP contribution < -0.4 is 11.0 Å². The van der Waals surface area contributed by atoms with E-state index in [0.29, 0.717) is 11.2 Å². The lowest BCUT2D eigenvalue weighted by atomic mass is 10.1. The molecule has 0 aliphatic carbocycles. The van der Waals surface area contributed by atoms with Crippen LogP contribution in [0.4, 0.5) is 0 Å². The Morgan fingerprint density at radius 3 is 2.67 bits per heavy atom. The average Bonchev–Trinajstić information content (AvgIpc) is 2.65. The van der Waals surface area contributed by atoms with Crippen molar-refractivity contribution in [3.63, 3.8) is 0 Å². The van der Waals surface area contributed by atoms with Crippen molar-refractivity contribution in [2.75, 3.05) is 0 Å². The van der Waals surface area contributed by atoms with Gasteiger partial charge in [0.15, 0.2) is 0 Å². The summed E-state index contributed by atoms with van der Waals surface area (Å²) in [5.41, 5.74) is 1.27. The van der Waals surface area contributed by atoms with Gasteiger partial charge in [0, 0.05) is 24.2 Å². The summed E-state index contributed by atoms with van der Waals surface area (Å²) in [5, 5.41) is 12.8. The van der Waals surface area contributed by atoms with E-state index in [9.17, 15) is 4.79 Å². The van der Waals surface area contributed by atoms with Gasteiger partial charge in [0.05, 0.1) is 17.4 Å². The molecule has 0 aliphatic rings. The maximum atomic E-state index is 12.2. The summed E-state index contributed by atoms with van der Waals surface area (Å²) < 4.78 is 1.37. The van der Waals surface area contributed by atoms with Crippen molar-refractivity contribution >= 4 is 10.9 Å². The Balaban J connectivity index is 2.60. The number of pyridine rings is 1. The number of rotatable bonds is 1. The quantitative estimate of drug-likeness (QED) is 0.538. The summed E-state index contributed by atoms with van der Waals surface area (Å²) in [6.07, 6.45) is 3.22. The highest BCUT2D eigenvalue weighted by Gasteiger charge is 2.09. The maximum Gasteiger partial charge on any atom is 0.299 e. The summed E-state index contributed by atoms with van der Waals surface area (Å²) in [6.45, 7) is 0. The highest BCUT2D eigenvalue weighted by atomic mass is 16.4. The first-order chi connectivity index (χ1) is 10.2. The van der Waals surface area contributed by atoms with Crippen LogP contribution in [0.25, 0.3) is 22.2 Å². The third kappa shape index (κ3) is 2.16. The van der Waals surface area contributed by atoms with E-state index in [0.717, 1.165) is 10.9 Å². The molecule has 0 saturated heterocycles. The van der Waals surface area contributed by atoms with Crippen molar-refractivity contribution in [1.82, 2.24) is 14.5 Å². The number of aryl methyl sites for hydroxylation is 1. The van der Waals surface area contributed by atoms with Crippen molar-refractivity contribution in [2.24, 2.45) is 12.2 Å². The first-order valence-electron chi connectivity index (χ1n) is 6.31. The molecular weight excluding hydrogens is 268 g/mol. The molecule has 1 aromatic carbocycles. The highest BCUT2D eigenvalue weighted by Crippen LogP contribution is 2.22. The van der Waals surface area contributed by atoms with Crippen LogP contribution in [0.3, 0.4) is 0 Å². The van der Waals surface area contributed by atoms with Gasteiger partial charge in [-0.3, -0.25) is 9.78 Å². The van der Waals surface area contributed by atoms with E-state index in [1.807, 2.05) is 30.3 Å². The Morgan fingerprint density at radius 1 is 1.19 bits per heavy atom. The minimum atomic E-state index is -0.488. The van der Waals surface area contributed by atoms with Crippen molar-refractivity contribution in [3.8, 4) is 11.3 Å². The van der Waals surface area contributed by atoms with Gasteiger partial charge in [0.1, 0.15) is 0 Å². The predicted octanol–water partition coefficient (Wildman–Crippen LogP) is 1.29. The van der Waals surface area contributed by atoms with Crippen LogP contribution in [-0.4, -0.2) is 19.7 Å². The Bertz CT molecular complexity index is 933. The van der Waals surface area contributed by atoms with Crippen molar-refractivity contribution < 1.29 is 5.21 Å². The Morgan fingerprint density at radius 2 is 1.95 bits per heavy atom. The van der Waals surface area contributed by atoms with Crippen LogP contribution >= 0.6 is 0 Å². The minimum Gasteiger partial charge on any atom is -0.409 e. The number of hydrogen-bond donors (Lipinski definition) is 1. The SMILES string of the molecule is Cn1c(=O)/c(=N/O)nc(-c2ccccc2)c2ccncc21. The van der Waals surface area contributed by atoms with Crippen molar-refractivity contribution in [2.45, 2.75) is 0 Å². The molecule has 2 aromatic heterocycles. The number of aromatic nitrogens is 3. The summed E-state index contributed by atoms with van der Waals surface area (Å²) in [5.74, 6) is 0. The minimum absolute atomic E-state index is 0.257. The van der Waals surface area contributed by atoms with E-state index < -0.39 is 5.56 Å². The van der Waals surface area contributed by atoms with E-state index >= 15 is 0 Å². The molecule has 0 radical (unpaired) electrons. The molecule has 0 aliphatic heterocycles. The molecule has 104 valence electrons. The van der Waals surface area contributed by atoms with E-state index in [-0.39, 0.29) is 5.49 Å². The molecule has 3 rings (SSSR count). The molecule has 0 unspecified atom stereocenters. The second-order valence-corrected chi connectivity index (χ2v) is 4.51. The summed E-state index contributed by atoms with van der Waals surface area (Å²) >= 11 is 0. The van der Waals surface area contributed by atoms with Gasteiger partial charge in [-0.2, -0.15) is 0 Å². The fraction of sp³-hybridized carbons (Fsp3) is 0.0667. The second kappa shape index (κ2) is 5.16. The topological polar surface area (TPSA) is 80.4 Å². The van der Waals surface area contributed by atoms with Gasteiger partial charge in [-0.1, -0.05) is 35.5 Å². The smallest absolute Gasteiger partial charge is 0.299 e. The number of fused-ring (bicyclic) bond motifs is 1. The maximum absolute atomic E-state index is 12.2. The first kappa shape index (κ1) is 13.0. The molecule has 0 amide bonds. The van der Waals surface area contributed by atoms with Gasteiger partial charge >= 0.3 is 0 Å². The lowest BCUT2D eigenvalue weighted by Crippen LogP contribution is -2.32. The van der Waals surface area contributed by atoms with E-state index in [4.69, 9.17) is 5.21 Å². The largest absolute Gasteiger partial charge is 0.409 e. The predicted molar refractivity (Wildman–Crippen MR) is 77.6 cm³/mol. The van der Waals surface area contributed by atoms with Crippen LogP contribution in [0.1, 0.15) is 0 Å². The van der Waals surface area contributed by atoms with Gasteiger partial charge in [-0.25, -0.2) is 4.98 Å². The Hall–Kier alpha value is -3.02. The van der Waals surface area contributed by atoms with E-state index in [2.05, 4.69) is 15.1 Å². The van der Waals surface area contributed by atoms with Crippen LogP contribution in [0.5, 0.6) is 0 Å². The molecule has 0 spiro atoms. The van der Waals surface area contributed by atoms with Crippen LogP contribution in [0.15, 0.2) is 58.7 Å². The zero-order valence-electron chi connectivity index (χ0n) is 11.3. The normalized spacial score (nSPS) is 11.8. The van der Waals surface area contributed by atoms with E-state index in [1.165, 1.54) is 4.57 Å². The third-order valence-electron chi connectivity index (χ3n) is 3.27. The first-order valence-corrected chi connectivity index (χ1v) is 6.31. The Labute approximate surface area is 119 Å². The summed E-state index contributed by atoms with van der Waals surface area (Å²) in [7, 11) is 1.59. The standard InChI is InChI=1S/C15H12N4O2/c1-19-12-9-16-8-7-11(12)13(10-5-3-2-4-6-10)17-14(18-21)15(19)20/h2-9,21H,1H3/b18-14-. The highest BCUT2D eigenvalue weighted by molar-refractivity contribution is 5.91. The molecule has 0 saturated carbocycles. The van der Waals surface area contributed by atoms with Gasteiger partial charge in [-0.05, 0) is 6.07 Å². The monoisotopic (exact) mass is 280 g/mol. The zero-order chi connectivity index (χ0) is 14.8. The van der Waals surface area contributed by atoms with Crippen molar-refractivity contribution in [3.05, 3.63) is 64.6 Å². The molecule has 21 heavy (non-hydrogen) atoms. The van der Waals surface area contributed by atoms with Crippen LogP contribution in [0.2, 0.25) is 0 Å². The summed E-state index contributed by atoms with van der Waals surface area (Å²) in [6, 6.07) is 11.2. The second-order valence-electron chi connectivity index (χ2n) is 4.51. The van der Waals surface area contributed by atoms with Gasteiger partial charge < -0.3 is 9.77 Å². The molecule has 3 aromatic rings. The zero-order valence-corrected chi connectivity index (χ0v) is 11.3. The average molecular weight is 280 g/mol. The fourth-order valence-electron chi connectivity index (χ4n) is 2.21. The summed E-state index contributed by atoms with van der Waals surface area (Å²) in [4.78, 5) is 20.5. The third-order valence-corrected chi connectivity index (χ3v) is 3.27. The number of nitrogens with zero attached hydrogens (tertiary/aromatic N) is 4. The van der Waals surface area contributed by atoms with E-state index in [1.54, 1.807) is 25.5 Å². The van der Waals surface area contributed by atoms with Crippen LogP contribution in [-0.2, 0) is 7.05 Å². The molecular formula is C15H12N4O2. The molecule has 6 nitrogen and oxygen atoms in total. The van der Waals surface area contributed by atoms with Crippen LogP contribution in [0, 0.1) is 0 Å². The lowest BCUT2D eigenvalue weighted by Gasteiger charge is -2.02. The number of benzene rings is 1. The lowest BCUT2D eigenvalue weighted by molar-refractivity contribution is 0.297. The van der Waals surface area contributed by atoms with Crippen molar-refractivity contribution in [1.29, 1.82) is 0 Å². The molecule has 2 heterocycles.